The first-order chi connectivity index (χ1) is 3.18. The van der Waals surface area contributed by atoms with Crippen molar-refractivity contribution in [3.8, 4) is 0 Å². The zero-order valence-corrected chi connectivity index (χ0v) is 4.89. The molecule has 0 rings (SSSR count). The van der Waals surface area contributed by atoms with E-state index in [0.717, 1.165) is 6.42 Å². The van der Waals surface area contributed by atoms with Gasteiger partial charge in [-0.3, -0.25) is 0 Å². The third-order valence-electron chi connectivity index (χ3n) is 1.23. The van der Waals surface area contributed by atoms with E-state index in [1.807, 2.05) is 13.8 Å². The molecule has 0 aromatic carbocycles. The van der Waals surface area contributed by atoms with Crippen LogP contribution in [-0.4, -0.2) is 11.3 Å². The molecule has 0 aliphatic heterocycles. The average Bonchev–Trinajstić information content (AvgIpc) is 1.65. The predicted octanol–water partition coefficient (Wildman–Crippen LogP) is 0.310. The molecule has 0 saturated heterocycles. The molecule has 0 radical (unpaired) electrons. The molecule has 0 aliphatic rings. The molecule has 0 aromatic rings. The average molecular weight is 103 g/mol. The van der Waals surface area contributed by atoms with Gasteiger partial charge in [0.2, 0.25) is 0 Å². The molecule has 0 heterocycles. The van der Waals surface area contributed by atoms with Crippen LogP contribution in [0.4, 0.5) is 0 Å². The molecule has 0 bridgehead atoms. The van der Waals surface area contributed by atoms with Gasteiger partial charge in [0.15, 0.2) is 0 Å². The normalized spacial score (nSPS) is 18.9. The summed E-state index contributed by atoms with van der Waals surface area (Å²) in [6.45, 7) is 3.92. The van der Waals surface area contributed by atoms with Crippen LogP contribution < -0.4 is 5.73 Å². The van der Waals surface area contributed by atoms with E-state index in [9.17, 15) is 0 Å². The van der Waals surface area contributed by atoms with Crippen LogP contribution in [0.25, 0.3) is 0 Å². The lowest BCUT2D eigenvalue weighted by Crippen LogP contribution is -2.26. The predicted molar refractivity (Wildman–Crippen MR) is 29.6 cm³/mol. The molecule has 44 valence electrons. The molecule has 0 aliphatic carbocycles. The molecular formula is C5H13NO. The highest BCUT2D eigenvalue weighted by Crippen LogP contribution is 2.00. The zero-order valence-electron chi connectivity index (χ0n) is 4.89. The van der Waals surface area contributed by atoms with Gasteiger partial charge in [-0.25, -0.2) is 0 Å². The second-order valence-corrected chi connectivity index (χ2v) is 1.88. The van der Waals surface area contributed by atoms with E-state index in [-0.39, 0.29) is 5.92 Å². The van der Waals surface area contributed by atoms with E-state index in [0.29, 0.717) is 0 Å². The highest BCUT2D eigenvalue weighted by atomic mass is 16.3. The first kappa shape index (κ1) is 6.92. The van der Waals surface area contributed by atoms with Gasteiger partial charge in [0.05, 0.1) is 0 Å². The highest BCUT2D eigenvalue weighted by molar-refractivity contribution is 4.52. The Bertz CT molecular complexity index is 45.3. The van der Waals surface area contributed by atoms with Crippen molar-refractivity contribution < 1.29 is 5.11 Å². The van der Waals surface area contributed by atoms with Gasteiger partial charge in [-0.15, -0.1) is 0 Å². The Morgan fingerprint density at radius 3 is 2.14 bits per heavy atom. The van der Waals surface area contributed by atoms with E-state index in [4.69, 9.17) is 10.8 Å². The number of hydrogen-bond donors (Lipinski definition) is 2. The maximum Gasteiger partial charge on any atom is 0.104 e. The van der Waals surface area contributed by atoms with Crippen LogP contribution in [-0.2, 0) is 0 Å². The first-order valence-electron chi connectivity index (χ1n) is 2.62. The number of nitrogens with two attached hydrogens (primary N) is 1. The van der Waals surface area contributed by atoms with Crippen molar-refractivity contribution in [2.45, 2.75) is 26.5 Å². The van der Waals surface area contributed by atoms with Gasteiger partial charge in [-0.1, -0.05) is 13.8 Å². The molecule has 2 atom stereocenters. The van der Waals surface area contributed by atoms with Crippen molar-refractivity contribution in [2.24, 2.45) is 11.7 Å². The summed E-state index contributed by atoms with van der Waals surface area (Å²) in [6, 6.07) is 0. The molecule has 0 aromatic heterocycles. The topological polar surface area (TPSA) is 46.2 Å². The maximum absolute atomic E-state index is 8.60. The first-order valence-corrected chi connectivity index (χ1v) is 2.62. The minimum absolute atomic E-state index is 0.236. The summed E-state index contributed by atoms with van der Waals surface area (Å²) in [5.41, 5.74) is 5.10. The van der Waals surface area contributed by atoms with Crippen LogP contribution in [0.2, 0.25) is 0 Å². The van der Waals surface area contributed by atoms with E-state index in [2.05, 4.69) is 0 Å². The Labute approximate surface area is 44.3 Å². The molecule has 7 heavy (non-hydrogen) atoms. The SMILES string of the molecule is CC[C@H](C)[C@@H](N)O. The number of aliphatic hydroxyl groups is 1. The number of rotatable bonds is 2. The van der Waals surface area contributed by atoms with Crippen LogP contribution in [0, 0.1) is 5.92 Å². The van der Waals surface area contributed by atoms with Crippen LogP contribution in [0.15, 0.2) is 0 Å². The van der Waals surface area contributed by atoms with Crippen molar-refractivity contribution >= 4 is 0 Å². The van der Waals surface area contributed by atoms with Gasteiger partial charge in [0, 0.05) is 0 Å². The molecule has 0 saturated carbocycles. The molecule has 0 unspecified atom stereocenters. The fourth-order valence-corrected chi connectivity index (χ4v) is 0.241. The molecule has 3 N–H and O–H groups in total. The Morgan fingerprint density at radius 1 is 1.71 bits per heavy atom. The minimum Gasteiger partial charge on any atom is -0.379 e. The summed E-state index contributed by atoms with van der Waals surface area (Å²) in [5, 5.41) is 8.60. The Morgan fingerprint density at radius 2 is 2.14 bits per heavy atom. The molecule has 0 amide bonds. The van der Waals surface area contributed by atoms with E-state index in [1.165, 1.54) is 0 Å². The fourth-order valence-electron chi connectivity index (χ4n) is 0.241. The Balaban J connectivity index is 3.14. The largest absolute Gasteiger partial charge is 0.379 e. The van der Waals surface area contributed by atoms with Gasteiger partial charge in [0.25, 0.3) is 0 Å². The van der Waals surface area contributed by atoms with Crippen molar-refractivity contribution in [2.75, 3.05) is 0 Å². The van der Waals surface area contributed by atoms with Gasteiger partial charge in [-0.2, -0.15) is 0 Å². The summed E-state index contributed by atoms with van der Waals surface area (Å²) in [7, 11) is 0. The number of aliphatic hydroxyl groups excluding tert-OH is 1. The van der Waals surface area contributed by atoms with E-state index in [1.54, 1.807) is 0 Å². The summed E-state index contributed by atoms with van der Waals surface area (Å²) in [6.07, 6.45) is 0.308. The van der Waals surface area contributed by atoms with Crippen LogP contribution in [0.1, 0.15) is 20.3 Å². The van der Waals surface area contributed by atoms with Crippen molar-refractivity contribution in [1.29, 1.82) is 0 Å². The maximum atomic E-state index is 8.60. The molecule has 0 fully saturated rings. The van der Waals surface area contributed by atoms with Crippen molar-refractivity contribution in [3.05, 3.63) is 0 Å². The van der Waals surface area contributed by atoms with Crippen LogP contribution in [0.3, 0.4) is 0 Å². The summed E-state index contributed by atoms with van der Waals surface area (Å²) >= 11 is 0. The summed E-state index contributed by atoms with van der Waals surface area (Å²) < 4.78 is 0. The fraction of sp³-hybridized carbons (Fsp3) is 1.00. The van der Waals surface area contributed by atoms with Crippen LogP contribution >= 0.6 is 0 Å². The van der Waals surface area contributed by atoms with E-state index < -0.39 is 6.23 Å². The minimum atomic E-state index is -0.634. The third kappa shape index (κ3) is 2.60. The lowest BCUT2D eigenvalue weighted by Gasteiger charge is -2.09. The summed E-state index contributed by atoms with van der Waals surface area (Å²) in [4.78, 5) is 0. The Kier molecular flexibility index (Phi) is 2.96. The molecule has 2 heteroatoms. The second kappa shape index (κ2) is 2.99. The standard InChI is InChI=1S/C5H13NO/c1-3-4(2)5(6)7/h4-5,7H,3,6H2,1-2H3/t4-,5-/m0/s1. The second-order valence-electron chi connectivity index (χ2n) is 1.88. The third-order valence-corrected chi connectivity index (χ3v) is 1.23. The van der Waals surface area contributed by atoms with Gasteiger partial charge in [0.1, 0.15) is 6.23 Å². The van der Waals surface area contributed by atoms with Gasteiger partial charge in [-0.05, 0) is 12.3 Å². The number of hydrogen-bond acceptors (Lipinski definition) is 2. The lowest BCUT2D eigenvalue weighted by molar-refractivity contribution is 0.121. The van der Waals surface area contributed by atoms with Crippen molar-refractivity contribution in [1.82, 2.24) is 0 Å². The highest BCUT2D eigenvalue weighted by Gasteiger charge is 2.03. The smallest absolute Gasteiger partial charge is 0.104 e. The lowest BCUT2D eigenvalue weighted by atomic mass is 10.1. The molecule has 0 spiro atoms. The van der Waals surface area contributed by atoms with E-state index >= 15 is 0 Å². The zero-order chi connectivity index (χ0) is 5.86. The van der Waals surface area contributed by atoms with Gasteiger partial charge >= 0.3 is 0 Å². The van der Waals surface area contributed by atoms with Crippen molar-refractivity contribution in [3.63, 3.8) is 0 Å². The molecule has 2 nitrogen and oxygen atoms in total. The van der Waals surface area contributed by atoms with Gasteiger partial charge < -0.3 is 10.8 Å². The van der Waals surface area contributed by atoms with Crippen LogP contribution in [0.5, 0.6) is 0 Å². The quantitative estimate of drug-likeness (QED) is 0.494. The monoisotopic (exact) mass is 103 g/mol. The molecular weight excluding hydrogens is 90.1 g/mol. The Hall–Kier alpha value is -0.0800. The summed E-state index contributed by atoms with van der Waals surface area (Å²) in [5.74, 6) is 0.236.